The van der Waals surface area contributed by atoms with Crippen molar-refractivity contribution in [2.75, 3.05) is 23.7 Å². The second-order valence-electron chi connectivity index (χ2n) is 6.70. The molecule has 4 rings (SSSR count). The number of para-hydroxylation sites is 1. The summed E-state index contributed by atoms with van der Waals surface area (Å²) >= 11 is 1.28. The van der Waals surface area contributed by atoms with Crippen molar-refractivity contribution < 1.29 is 14.3 Å². The number of carbonyl (C=O) groups excluding carboxylic acids is 2. The third-order valence-electron chi connectivity index (χ3n) is 4.71. The highest BCUT2D eigenvalue weighted by atomic mass is 32.1. The Hall–Kier alpha value is -3.53. The third kappa shape index (κ3) is 4.90. The van der Waals surface area contributed by atoms with Gasteiger partial charge in [-0.1, -0.05) is 29.5 Å². The minimum Gasteiger partial charge on any atom is -0.437 e. The number of nitrogens with one attached hydrogen (secondary N) is 2. The first-order valence-electron chi connectivity index (χ1n) is 9.50. The lowest BCUT2D eigenvalue weighted by atomic mass is 9.96. The van der Waals surface area contributed by atoms with E-state index in [2.05, 4.69) is 25.8 Å². The molecule has 3 aromatic rings. The molecule has 1 saturated heterocycles. The van der Waals surface area contributed by atoms with Crippen LogP contribution in [0.5, 0.6) is 11.6 Å². The number of benzene rings is 1. The lowest BCUT2D eigenvalue weighted by Crippen LogP contribution is -2.43. The number of hydrogen-bond acceptors (Lipinski definition) is 7. The Balaban J connectivity index is 1.32. The van der Waals surface area contributed by atoms with Gasteiger partial charge < -0.3 is 20.3 Å². The maximum atomic E-state index is 12.7. The number of aromatic nitrogens is 3. The molecule has 2 N–H and O–H groups in total. The summed E-state index contributed by atoms with van der Waals surface area (Å²) in [6, 6.07) is 12.5. The van der Waals surface area contributed by atoms with Crippen molar-refractivity contribution in [3.8, 4) is 11.6 Å². The summed E-state index contributed by atoms with van der Waals surface area (Å²) in [6.45, 7) is 0.963. The largest absolute Gasteiger partial charge is 0.437 e. The normalized spacial score (nSPS) is 14.2. The van der Waals surface area contributed by atoms with Gasteiger partial charge in [0, 0.05) is 25.2 Å². The van der Waals surface area contributed by atoms with Crippen LogP contribution >= 0.6 is 11.3 Å². The smallest absolute Gasteiger partial charge is 0.321 e. The Labute approximate surface area is 177 Å². The number of amides is 3. The minimum atomic E-state index is -0.246. The maximum Gasteiger partial charge on any atom is 0.321 e. The summed E-state index contributed by atoms with van der Waals surface area (Å²) in [5.41, 5.74) is 2.05. The van der Waals surface area contributed by atoms with Crippen LogP contribution in [0.25, 0.3) is 0 Å². The zero-order valence-electron chi connectivity index (χ0n) is 16.0. The maximum absolute atomic E-state index is 12.7. The van der Waals surface area contributed by atoms with Gasteiger partial charge in [0.2, 0.25) is 16.9 Å². The average molecular weight is 424 g/mol. The molecular formula is C20H20N6O3S. The van der Waals surface area contributed by atoms with Crippen LogP contribution in [0.1, 0.15) is 12.8 Å². The van der Waals surface area contributed by atoms with Gasteiger partial charge in [0.15, 0.2) is 0 Å². The Kier molecular flexibility index (Phi) is 6.14. The van der Waals surface area contributed by atoms with Crippen LogP contribution in [0.2, 0.25) is 0 Å². The first-order chi connectivity index (χ1) is 14.7. The predicted molar refractivity (Wildman–Crippen MR) is 113 cm³/mol. The van der Waals surface area contributed by atoms with Gasteiger partial charge in [-0.3, -0.25) is 4.79 Å². The highest BCUT2D eigenvalue weighted by Gasteiger charge is 2.28. The number of urea groups is 1. The fraction of sp³-hybridized carbons (Fsp3) is 0.250. The number of ether oxygens (including phenoxy) is 1. The minimum absolute atomic E-state index is 0.0855. The Bertz CT molecular complexity index is 991. The molecule has 30 heavy (non-hydrogen) atoms. The standard InChI is InChI=1S/C20H20N6O3S/c27-17(24-19-25-22-13-30-19)14-8-11-26(12-9-14)20(28)23-16-7-4-10-21-18(16)29-15-5-2-1-3-6-15/h1-7,10,13-14H,8-9,11-12H2,(H,23,28)(H,24,25,27). The molecule has 0 unspecified atom stereocenters. The fourth-order valence-electron chi connectivity index (χ4n) is 3.14. The van der Waals surface area contributed by atoms with Crippen LogP contribution in [0.3, 0.4) is 0 Å². The molecule has 10 heteroatoms. The number of likely N-dealkylation sites (tertiary alicyclic amines) is 1. The molecule has 0 radical (unpaired) electrons. The van der Waals surface area contributed by atoms with Gasteiger partial charge in [-0.2, -0.15) is 0 Å². The van der Waals surface area contributed by atoms with E-state index < -0.39 is 0 Å². The van der Waals surface area contributed by atoms with Crippen molar-refractivity contribution in [2.24, 2.45) is 5.92 Å². The Morgan fingerprint density at radius 1 is 1.07 bits per heavy atom. The van der Waals surface area contributed by atoms with E-state index in [1.54, 1.807) is 28.7 Å². The summed E-state index contributed by atoms with van der Waals surface area (Å²) in [4.78, 5) is 31.0. The number of pyridine rings is 1. The van der Waals surface area contributed by atoms with Gasteiger partial charge in [-0.15, -0.1) is 10.2 Å². The third-order valence-corrected chi connectivity index (χ3v) is 5.32. The molecule has 0 spiro atoms. The first-order valence-corrected chi connectivity index (χ1v) is 10.4. The zero-order valence-corrected chi connectivity index (χ0v) is 16.8. The van der Waals surface area contributed by atoms with Gasteiger partial charge in [0.05, 0.1) is 0 Å². The molecule has 1 aromatic carbocycles. The summed E-state index contributed by atoms with van der Waals surface area (Å²) in [5, 5.41) is 13.6. The van der Waals surface area contributed by atoms with Crippen LogP contribution in [-0.2, 0) is 4.79 Å². The van der Waals surface area contributed by atoms with Gasteiger partial charge >= 0.3 is 6.03 Å². The van der Waals surface area contributed by atoms with Crippen LogP contribution in [-0.4, -0.2) is 45.1 Å². The lowest BCUT2D eigenvalue weighted by Gasteiger charge is -2.31. The van der Waals surface area contributed by atoms with E-state index in [1.807, 2.05) is 30.3 Å². The molecule has 3 amide bonds. The van der Waals surface area contributed by atoms with Crippen LogP contribution < -0.4 is 15.4 Å². The first kappa shape index (κ1) is 19.8. The molecule has 1 aliphatic heterocycles. The molecule has 154 valence electrons. The van der Waals surface area contributed by atoms with E-state index in [1.165, 1.54) is 11.3 Å². The van der Waals surface area contributed by atoms with E-state index in [-0.39, 0.29) is 17.9 Å². The van der Waals surface area contributed by atoms with E-state index in [0.29, 0.717) is 48.4 Å². The summed E-state index contributed by atoms with van der Waals surface area (Å²) < 4.78 is 5.79. The van der Waals surface area contributed by atoms with Crippen molar-refractivity contribution in [3.63, 3.8) is 0 Å². The Morgan fingerprint density at radius 3 is 2.60 bits per heavy atom. The highest BCUT2D eigenvalue weighted by molar-refractivity contribution is 7.13. The average Bonchev–Trinajstić information content (AvgIpc) is 3.29. The second-order valence-corrected chi connectivity index (χ2v) is 7.53. The van der Waals surface area contributed by atoms with Crippen molar-refractivity contribution in [1.29, 1.82) is 0 Å². The molecule has 0 atom stereocenters. The van der Waals surface area contributed by atoms with Crippen molar-refractivity contribution in [3.05, 3.63) is 54.2 Å². The van der Waals surface area contributed by atoms with Crippen LogP contribution in [0.15, 0.2) is 54.2 Å². The summed E-state index contributed by atoms with van der Waals surface area (Å²) in [6.07, 6.45) is 2.77. The van der Waals surface area contributed by atoms with Crippen molar-refractivity contribution >= 4 is 34.1 Å². The van der Waals surface area contributed by atoms with E-state index in [9.17, 15) is 9.59 Å². The van der Waals surface area contributed by atoms with E-state index in [4.69, 9.17) is 4.74 Å². The fourth-order valence-corrected chi connectivity index (χ4v) is 3.59. The molecular weight excluding hydrogens is 404 g/mol. The molecule has 3 heterocycles. The van der Waals surface area contributed by atoms with Crippen molar-refractivity contribution in [2.45, 2.75) is 12.8 Å². The summed E-state index contributed by atoms with van der Waals surface area (Å²) in [7, 11) is 0. The van der Waals surface area contributed by atoms with Gasteiger partial charge in [0.1, 0.15) is 16.9 Å². The molecule has 9 nitrogen and oxygen atoms in total. The molecule has 0 saturated carbocycles. The molecule has 1 fully saturated rings. The number of anilines is 2. The molecule has 2 aromatic heterocycles. The molecule has 0 aliphatic carbocycles. The van der Waals surface area contributed by atoms with E-state index in [0.717, 1.165) is 0 Å². The van der Waals surface area contributed by atoms with Gasteiger partial charge in [-0.05, 0) is 37.1 Å². The van der Waals surface area contributed by atoms with Crippen LogP contribution in [0, 0.1) is 5.92 Å². The molecule has 1 aliphatic rings. The van der Waals surface area contributed by atoms with E-state index >= 15 is 0 Å². The predicted octanol–water partition coefficient (Wildman–Crippen LogP) is 3.61. The van der Waals surface area contributed by atoms with Gasteiger partial charge in [0.25, 0.3) is 0 Å². The Morgan fingerprint density at radius 2 is 1.87 bits per heavy atom. The van der Waals surface area contributed by atoms with Crippen molar-refractivity contribution in [1.82, 2.24) is 20.1 Å². The second kappa shape index (κ2) is 9.31. The SMILES string of the molecule is O=C(Nc1nncs1)C1CCN(C(=O)Nc2cccnc2Oc2ccccc2)CC1. The number of carbonyl (C=O) groups is 2. The monoisotopic (exact) mass is 424 g/mol. The number of piperidine rings is 1. The quantitative estimate of drug-likeness (QED) is 0.648. The summed E-state index contributed by atoms with van der Waals surface area (Å²) in [5.74, 6) is 0.711. The number of rotatable bonds is 5. The number of nitrogens with zero attached hydrogens (tertiary/aromatic N) is 4. The number of hydrogen-bond donors (Lipinski definition) is 2. The topological polar surface area (TPSA) is 109 Å². The lowest BCUT2D eigenvalue weighted by molar-refractivity contribution is -0.121. The highest BCUT2D eigenvalue weighted by Crippen LogP contribution is 2.27. The van der Waals surface area contributed by atoms with Gasteiger partial charge in [-0.25, -0.2) is 9.78 Å². The molecule has 0 bridgehead atoms. The zero-order chi connectivity index (χ0) is 20.8. The van der Waals surface area contributed by atoms with Crippen LogP contribution in [0.4, 0.5) is 15.6 Å².